The maximum absolute atomic E-state index is 11.8. The zero-order valence-corrected chi connectivity index (χ0v) is 10.7. The lowest BCUT2D eigenvalue weighted by molar-refractivity contribution is 0.102. The number of amides is 1. The van der Waals surface area contributed by atoms with Gasteiger partial charge in [-0.1, -0.05) is 6.07 Å². The molecule has 0 atom stereocenters. The van der Waals surface area contributed by atoms with Gasteiger partial charge in [0.1, 0.15) is 0 Å². The van der Waals surface area contributed by atoms with Gasteiger partial charge < -0.3 is 5.32 Å². The first kappa shape index (κ1) is 11.7. The van der Waals surface area contributed by atoms with Crippen LogP contribution in [0, 0.1) is 6.92 Å². The summed E-state index contributed by atoms with van der Waals surface area (Å²) in [5.41, 5.74) is 2.13. The van der Waals surface area contributed by atoms with E-state index in [0.29, 0.717) is 11.4 Å². The summed E-state index contributed by atoms with van der Waals surface area (Å²) in [5.74, 6) is -0.275. The molecular formula is C12H10BrN3O. The van der Waals surface area contributed by atoms with Crippen molar-refractivity contribution in [1.29, 1.82) is 0 Å². The molecule has 0 saturated heterocycles. The van der Waals surface area contributed by atoms with Gasteiger partial charge in [0.05, 0.1) is 5.69 Å². The van der Waals surface area contributed by atoms with E-state index in [1.54, 1.807) is 12.1 Å². The van der Waals surface area contributed by atoms with Gasteiger partial charge in [-0.3, -0.25) is 4.79 Å². The topological polar surface area (TPSA) is 54.9 Å². The second-order valence-electron chi connectivity index (χ2n) is 3.55. The van der Waals surface area contributed by atoms with Crippen LogP contribution in [0.2, 0.25) is 0 Å². The summed E-state index contributed by atoms with van der Waals surface area (Å²) < 4.78 is 0.842. The average Bonchev–Trinajstić information content (AvgIpc) is 2.34. The molecule has 1 N–H and O–H groups in total. The number of rotatable bonds is 2. The highest BCUT2D eigenvalue weighted by Crippen LogP contribution is 2.23. The smallest absolute Gasteiger partial charge is 0.276 e. The van der Waals surface area contributed by atoms with E-state index < -0.39 is 0 Å². The molecule has 1 aromatic heterocycles. The van der Waals surface area contributed by atoms with Crippen molar-refractivity contribution < 1.29 is 4.79 Å². The second-order valence-corrected chi connectivity index (χ2v) is 4.40. The lowest BCUT2D eigenvalue weighted by Gasteiger charge is -2.07. The Balaban J connectivity index is 2.19. The van der Waals surface area contributed by atoms with Crippen LogP contribution in [0.5, 0.6) is 0 Å². The zero-order valence-electron chi connectivity index (χ0n) is 9.14. The fourth-order valence-electron chi connectivity index (χ4n) is 1.33. The molecule has 2 rings (SSSR count). The van der Waals surface area contributed by atoms with Crippen LogP contribution in [-0.2, 0) is 0 Å². The molecule has 2 aromatic rings. The third kappa shape index (κ3) is 2.88. The predicted molar refractivity (Wildman–Crippen MR) is 68.9 cm³/mol. The third-order valence-corrected chi connectivity index (χ3v) is 2.83. The van der Waals surface area contributed by atoms with Gasteiger partial charge >= 0.3 is 0 Å². The monoisotopic (exact) mass is 291 g/mol. The lowest BCUT2D eigenvalue weighted by Crippen LogP contribution is -2.14. The van der Waals surface area contributed by atoms with Gasteiger partial charge in [-0.2, -0.15) is 5.10 Å². The molecule has 1 aromatic carbocycles. The van der Waals surface area contributed by atoms with E-state index in [1.165, 1.54) is 6.20 Å². The van der Waals surface area contributed by atoms with Gasteiger partial charge in [0.25, 0.3) is 5.91 Å². The summed E-state index contributed by atoms with van der Waals surface area (Å²) in [7, 11) is 0. The molecule has 0 saturated carbocycles. The number of aromatic nitrogens is 2. The van der Waals surface area contributed by atoms with Crippen LogP contribution in [0.15, 0.2) is 41.0 Å². The number of halogens is 1. The number of aryl methyl sites for hydroxylation is 1. The van der Waals surface area contributed by atoms with Gasteiger partial charge in [0.2, 0.25) is 0 Å². The first-order valence-corrected chi connectivity index (χ1v) is 5.81. The molecule has 0 aliphatic heterocycles. The summed E-state index contributed by atoms with van der Waals surface area (Å²) in [5, 5.41) is 10.2. The van der Waals surface area contributed by atoms with Gasteiger partial charge in [0.15, 0.2) is 5.69 Å². The highest BCUT2D eigenvalue weighted by molar-refractivity contribution is 9.10. The highest BCUT2D eigenvalue weighted by Gasteiger charge is 2.09. The van der Waals surface area contributed by atoms with Gasteiger partial charge in [-0.25, -0.2) is 0 Å². The van der Waals surface area contributed by atoms with Crippen molar-refractivity contribution in [3.63, 3.8) is 0 Å². The maximum atomic E-state index is 11.8. The number of anilines is 1. The standard InChI is InChI=1S/C12H10BrN3O/c1-8-4-5-10(9(13)7-8)15-12(17)11-3-2-6-14-16-11/h2-7H,1H3,(H,15,17). The summed E-state index contributed by atoms with van der Waals surface area (Å²) >= 11 is 3.40. The largest absolute Gasteiger partial charge is 0.320 e. The van der Waals surface area contributed by atoms with Gasteiger partial charge in [-0.15, -0.1) is 5.10 Å². The fraction of sp³-hybridized carbons (Fsp3) is 0.0833. The van der Waals surface area contributed by atoms with Crippen LogP contribution in [0.3, 0.4) is 0 Å². The summed E-state index contributed by atoms with van der Waals surface area (Å²) in [6.45, 7) is 1.99. The summed E-state index contributed by atoms with van der Waals surface area (Å²) in [6.07, 6.45) is 1.53. The quantitative estimate of drug-likeness (QED) is 0.926. The molecule has 0 fully saturated rings. The van der Waals surface area contributed by atoms with E-state index in [4.69, 9.17) is 0 Å². The van der Waals surface area contributed by atoms with Crippen molar-refractivity contribution in [1.82, 2.24) is 10.2 Å². The number of nitrogens with one attached hydrogen (secondary N) is 1. The van der Waals surface area contributed by atoms with Gasteiger partial charge in [0, 0.05) is 10.7 Å². The zero-order chi connectivity index (χ0) is 12.3. The minimum Gasteiger partial charge on any atom is -0.320 e. The number of hydrogen-bond donors (Lipinski definition) is 1. The second kappa shape index (κ2) is 5.05. The molecule has 4 nitrogen and oxygen atoms in total. The third-order valence-electron chi connectivity index (χ3n) is 2.18. The van der Waals surface area contributed by atoms with Crippen molar-refractivity contribution in [2.75, 3.05) is 5.32 Å². The Kier molecular flexibility index (Phi) is 3.49. The minimum atomic E-state index is -0.275. The predicted octanol–water partition coefficient (Wildman–Crippen LogP) is 2.80. The molecule has 0 unspecified atom stereocenters. The Labute approximate surface area is 107 Å². The Morgan fingerprint density at radius 1 is 1.35 bits per heavy atom. The number of carbonyl (C=O) groups is 1. The average molecular weight is 292 g/mol. The molecule has 1 amide bonds. The van der Waals surface area contributed by atoms with Crippen molar-refractivity contribution in [3.05, 3.63) is 52.3 Å². The van der Waals surface area contributed by atoms with Crippen LogP contribution in [0.4, 0.5) is 5.69 Å². The Morgan fingerprint density at radius 3 is 2.82 bits per heavy atom. The fourth-order valence-corrected chi connectivity index (χ4v) is 1.92. The molecule has 0 spiro atoms. The molecule has 86 valence electrons. The summed E-state index contributed by atoms with van der Waals surface area (Å²) in [6, 6.07) is 8.99. The Morgan fingerprint density at radius 2 is 2.18 bits per heavy atom. The number of carbonyl (C=O) groups excluding carboxylic acids is 1. The highest BCUT2D eigenvalue weighted by atomic mass is 79.9. The van der Waals surface area contributed by atoms with Crippen LogP contribution in [0.25, 0.3) is 0 Å². The molecule has 5 heteroatoms. The van der Waals surface area contributed by atoms with Crippen LogP contribution >= 0.6 is 15.9 Å². The SMILES string of the molecule is Cc1ccc(NC(=O)c2cccnn2)c(Br)c1. The van der Waals surface area contributed by atoms with Crippen molar-refractivity contribution in [3.8, 4) is 0 Å². The van der Waals surface area contributed by atoms with E-state index in [-0.39, 0.29) is 5.91 Å². The molecule has 0 bridgehead atoms. The maximum Gasteiger partial charge on any atom is 0.276 e. The van der Waals surface area contributed by atoms with Crippen molar-refractivity contribution in [2.24, 2.45) is 0 Å². The first-order chi connectivity index (χ1) is 8.16. The van der Waals surface area contributed by atoms with Crippen LogP contribution < -0.4 is 5.32 Å². The van der Waals surface area contributed by atoms with E-state index in [0.717, 1.165) is 10.0 Å². The van der Waals surface area contributed by atoms with Gasteiger partial charge in [-0.05, 0) is 52.7 Å². The molecule has 0 aliphatic rings. The molecule has 1 heterocycles. The first-order valence-electron chi connectivity index (χ1n) is 5.02. The van der Waals surface area contributed by atoms with E-state index in [2.05, 4.69) is 31.4 Å². The Bertz CT molecular complexity index is 543. The molecular weight excluding hydrogens is 282 g/mol. The number of nitrogens with zero attached hydrogens (tertiary/aromatic N) is 2. The van der Waals surface area contributed by atoms with Crippen molar-refractivity contribution in [2.45, 2.75) is 6.92 Å². The number of hydrogen-bond acceptors (Lipinski definition) is 3. The van der Waals surface area contributed by atoms with E-state index in [1.807, 2.05) is 25.1 Å². The van der Waals surface area contributed by atoms with Crippen molar-refractivity contribution >= 4 is 27.5 Å². The van der Waals surface area contributed by atoms with E-state index in [9.17, 15) is 4.79 Å². The Hall–Kier alpha value is -1.75. The molecule has 0 aliphatic carbocycles. The van der Waals surface area contributed by atoms with Crippen LogP contribution in [0.1, 0.15) is 16.1 Å². The normalized spacial score (nSPS) is 10.0. The lowest BCUT2D eigenvalue weighted by atomic mass is 10.2. The molecule has 0 radical (unpaired) electrons. The summed E-state index contributed by atoms with van der Waals surface area (Å²) in [4.78, 5) is 11.8. The number of benzene rings is 1. The minimum absolute atomic E-state index is 0.275. The molecule has 17 heavy (non-hydrogen) atoms. The van der Waals surface area contributed by atoms with Crippen LogP contribution in [-0.4, -0.2) is 16.1 Å². The van der Waals surface area contributed by atoms with E-state index >= 15 is 0 Å².